The minimum atomic E-state index is -1.07. The van der Waals surface area contributed by atoms with Crippen LogP contribution in [-0.4, -0.2) is 47.7 Å². The number of azide groups is 1. The van der Waals surface area contributed by atoms with Crippen LogP contribution in [0.4, 0.5) is 0 Å². The molecule has 1 atom stereocenters. The fourth-order valence-corrected chi connectivity index (χ4v) is 2.03. The van der Waals surface area contributed by atoms with Crippen LogP contribution in [0.15, 0.2) is 29.4 Å². The number of rotatable bonds is 4. The normalized spacial score (nSPS) is 17.9. The molecule has 1 amide bonds. The molecule has 1 saturated heterocycles. The summed E-state index contributed by atoms with van der Waals surface area (Å²) in [5, 5.41) is 12.4. The third-order valence-electron chi connectivity index (χ3n) is 3.15. The van der Waals surface area contributed by atoms with E-state index in [0.717, 1.165) is 5.56 Å². The van der Waals surface area contributed by atoms with Crippen LogP contribution < -0.4 is 0 Å². The second-order valence-corrected chi connectivity index (χ2v) is 4.53. The second kappa shape index (κ2) is 6.74. The summed E-state index contributed by atoms with van der Waals surface area (Å²) in [4.78, 5) is 27.3. The van der Waals surface area contributed by atoms with Crippen LogP contribution in [0.2, 0.25) is 0 Å². The molecule has 8 heteroatoms. The summed E-state index contributed by atoms with van der Waals surface area (Å²) < 4.78 is 5.08. The van der Waals surface area contributed by atoms with Gasteiger partial charge < -0.3 is 14.7 Å². The monoisotopic (exact) mass is 290 g/mol. The Morgan fingerprint density at radius 3 is 2.76 bits per heavy atom. The average Bonchev–Trinajstić information content (AvgIpc) is 2.53. The summed E-state index contributed by atoms with van der Waals surface area (Å²) in [5.41, 5.74) is 9.51. The van der Waals surface area contributed by atoms with Crippen molar-refractivity contribution in [2.24, 2.45) is 5.11 Å². The summed E-state index contributed by atoms with van der Waals surface area (Å²) in [7, 11) is 0. The Labute approximate surface area is 120 Å². The molecular weight excluding hydrogens is 276 g/mol. The fourth-order valence-electron chi connectivity index (χ4n) is 2.03. The van der Waals surface area contributed by atoms with Crippen LogP contribution >= 0.6 is 0 Å². The Bertz CT molecular complexity index is 580. The van der Waals surface area contributed by atoms with Gasteiger partial charge in [-0.05, 0) is 23.2 Å². The lowest BCUT2D eigenvalue weighted by molar-refractivity contribution is -0.154. The van der Waals surface area contributed by atoms with Gasteiger partial charge in [0.1, 0.15) is 0 Å². The highest BCUT2D eigenvalue weighted by atomic mass is 16.5. The third-order valence-corrected chi connectivity index (χ3v) is 3.15. The predicted octanol–water partition coefficient (Wildman–Crippen LogP) is 1.42. The molecule has 1 aliphatic heterocycles. The van der Waals surface area contributed by atoms with Crippen LogP contribution in [0.3, 0.4) is 0 Å². The molecule has 1 aromatic carbocycles. The summed E-state index contributed by atoms with van der Waals surface area (Å²) in [6.07, 6.45) is -0.980. The Kier molecular flexibility index (Phi) is 4.76. The highest BCUT2D eigenvalue weighted by Crippen LogP contribution is 2.12. The third kappa shape index (κ3) is 3.71. The van der Waals surface area contributed by atoms with Crippen LogP contribution in [-0.2, 0) is 16.1 Å². The summed E-state index contributed by atoms with van der Waals surface area (Å²) in [6, 6.07) is 6.68. The highest BCUT2D eigenvalue weighted by molar-refractivity contribution is 5.94. The summed E-state index contributed by atoms with van der Waals surface area (Å²) in [5.74, 6) is -1.31. The van der Waals surface area contributed by atoms with Crippen molar-refractivity contribution in [3.05, 3.63) is 45.8 Å². The van der Waals surface area contributed by atoms with Crippen LogP contribution in [0.5, 0.6) is 0 Å². The molecule has 8 nitrogen and oxygen atoms in total. The minimum Gasteiger partial charge on any atom is -0.479 e. The SMILES string of the molecule is [N-]=[N+]=NCc1ccc(C(=O)N2CCOC(C(=O)O)C2)cc1. The highest BCUT2D eigenvalue weighted by Gasteiger charge is 2.29. The van der Waals surface area contributed by atoms with Gasteiger partial charge in [0.25, 0.3) is 5.91 Å². The fraction of sp³-hybridized carbons (Fsp3) is 0.385. The summed E-state index contributed by atoms with van der Waals surface area (Å²) >= 11 is 0. The number of ether oxygens (including phenoxy) is 1. The first-order valence-electron chi connectivity index (χ1n) is 6.35. The van der Waals surface area contributed by atoms with E-state index in [2.05, 4.69) is 10.0 Å². The largest absolute Gasteiger partial charge is 0.479 e. The average molecular weight is 290 g/mol. The Morgan fingerprint density at radius 2 is 2.14 bits per heavy atom. The Morgan fingerprint density at radius 1 is 1.43 bits per heavy atom. The van der Waals surface area contributed by atoms with Crippen molar-refractivity contribution in [1.82, 2.24) is 4.90 Å². The first-order chi connectivity index (χ1) is 10.1. The zero-order chi connectivity index (χ0) is 15.2. The molecule has 1 fully saturated rings. The van der Waals surface area contributed by atoms with Gasteiger partial charge in [0.2, 0.25) is 0 Å². The molecule has 21 heavy (non-hydrogen) atoms. The Balaban J connectivity index is 2.05. The molecule has 0 spiro atoms. The molecule has 1 aliphatic rings. The van der Waals surface area contributed by atoms with Crippen molar-refractivity contribution in [2.75, 3.05) is 19.7 Å². The summed E-state index contributed by atoms with van der Waals surface area (Å²) in [6.45, 7) is 0.832. The number of aliphatic carboxylic acids is 1. The number of hydrogen-bond acceptors (Lipinski definition) is 4. The van der Waals surface area contributed by atoms with Crippen LogP contribution in [0, 0.1) is 0 Å². The van der Waals surface area contributed by atoms with E-state index in [1.54, 1.807) is 24.3 Å². The van der Waals surface area contributed by atoms with E-state index >= 15 is 0 Å². The van der Waals surface area contributed by atoms with Crippen molar-refractivity contribution in [3.8, 4) is 0 Å². The number of hydrogen-bond donors (Lipinski definition) is 1. The molecule has 0 aromatic heterocycles. The molecule has 1 unspecified atom stereocenters. The van der Waals surface area contributed by atoms with Gasteiger partial charge in [-0.3, -0.25) is 4.79 Å². The number of carboxylic acids is 1. The van der Waals surface area contributed by atoms with E-state index in [9.17, 15) is 9.59 Å². The Hall–Kier alpha value is -2.57. The van der Waals surface area contributed by atoms with Gasteiger partial charge in [0.15, 0.2) is 6.10 Å². The quantitative estimate of drug-likeness (QED) is 0.512. The molecule has 0 bridgehead atoms. The number of carbonyl (C=O) groups excluding carboxylic acids is 1. The van der Waals surface area contributed by atoms with E-state index in [4.69, 9.17) is 15.4 Å². The maximum Gasteiger partial charge on any atom is 0.334 e. The molecule has 0 saturated carbocycles. The molecule has 1 aromatic rings. The minimum absolute atomic E-state index is 0.0364. The van der Waals surface area contributed by atoms with Gasteiger partial charge in [0, 0.05) is 17.0 Å². The molecule has 0 radical (unpaired) electrons. The standard InChI is InChI=1S/C13H14N4O4/c14-16-15-7-9-1-3-10(4-2-9)12(18)17-5-6-21-11(8-17)13(19)20/h1-4,11H,5-8H2,(H,19,20). The first-order valence-corrected chi connectivity index (χ1v) is 6.35. The van der Waals surface area contributed by atoms with Crippen molar-refractivity contribution in [3.63, 3.8) is 0 Å². The van der Waals surface area contributed by atoms with Crippen molar-refractivity contribution >= 4 is 11.9 Å². The van der Waals surface area contributed by atoms with Crippen molar-refractivity contribution in [2.45, 2.75) is 12.6 Å². The van der Waals surface area contributed by atoms with Gasteiger partial charge in [-0.2, -0.15) is 0 Å². The lowest BCUT2D eigenvalue weighted by Crippen LogP contribution is -2.48. The first kappa shape index (κ1) is 14.8. The molecular formula is C13H14N4O4. The second-order valence-electron chi connectivity index (χ2n) is 4.53. The molecule has 110 valence electrons. The number of nitrogens with zero attached hydrogens (tertiary/aromatic N) is 4. The van der Waals surface area contributed by atoms with Gasteiger partial charge in [-0.1, -0.05) is 17.2 Å². The van der Waals surface area contributed by atoms with Gasteiger partial charge in [-0.15, -0.1) is 0 Å². The zero-order valence-electron chi connectivity index (χ0n) is 11.2. The maximum absolute atomic E-state index is 12.3. The van der Waals surface area contributed by atoms with E-state index in [0.29, 0.717) is 12.1 Å². The van der Waals surface area contributed by atoms with Crippen molar-refractivity contribution in [1.29, 1.82) is 0 Å². The van der Waals surface area contributed by atoms with Crippen LogP contribution in [0.1, 0.15) is 15.9 Å². The van der Waals surface area contributed by atoms with Crippen LogP contribution in [0.25, 0.3) is 10.4 Å². The van der Waals surface area contributed by atoms with E-state index < -0.39 is 12.1 Å². The number of benzene rings is 1. The maximum atomic E-state index is 12.3. The lowest BCUT2D eigenvalue weighted by atomic mass is 10.1. The molecule has 1 N–H and O–H groups in total. The number of amides is 1. The lowest BCUT2D eigenvalue weighted by Gasteiger charge is -2.30. The zero-order valence-corrected chi connectivity index (χ0v) is 11.2. The molecule has 0 aliphatic carbocycles. The van der Waals surface area contributed by atoms with E-state index in [1.807, 2.05) is 0 Å². The smallest absolute Gasteiger partial charge is 0.334 e. The molecule has 1 heterocycles. The number of carboxylic acid groups (broad SMARTS) is 1. The van der Waals surface area contributed by atoms with E-state index in [-0.39, 0.29) is 25.6 Å². The van der Waals surface area contributed by atoms with Crippen molar-refractivity contribution < 1.29 is 19.4 Å². The van der Waals surface area contributed by atoms with Gasteiger partial charge in [0.05, 0.1) is 19.7 Å². The number of morpholine rings is 1. The predicted molar refractivity (Wildman–Crippen MR) is 72.6 cm³/mol. The van der Waals surface area contributed by atoms with E-state index in [1.165, 1.54) is 4.90 Å². The number of carbonyl (C=O) groups is 2. The van der Waals surface area contributed by atoms with Gasteiger partial charge in [-0.25, -0.2) is 4.79 Å². The topological polar surface area (TPSA) is 116 Å². The molecule has 2 rings (SSSR count). The van der Waals surface area contributed by atoms with Gasteiger partial charge >= 0.3 is 5.97 Å².